The molecule has 3 amide bonds. The highest BCUT2D eigenvalue weighted by atomic mass is 16.4. The number of H-pyrrole nitrogens is 1. The minimum absolute atomic E-state index is 0.0362. The fourth-order valence-electron chi connectivity index (χ4n) is 3.85. The summed E-state index contributed by atoms with van der Waals surface area (Å²) in [6, 6.07) is -4.21. The number of carbonyl (C=O) groups excluding carboxylic acids is 3. The number of hydrogen-bond donors (Lipinski definition) is 9. The number of nitrogens with two attached hydrogens (primary N) is 2. The van der Waals surface area contributed by atoms with Gasteiger partial charge >= 0.3 is 11.9 Å². The molecule has 1 saturated heterocycles. The summed E-state index contributed by atoms with van der Waals surface area (Å²) in [6.45, 7) is 0.825. The van der Waals surface area contributed by atoms with Gasteiger partial charge in [0.2, 0.25) is 17.7 Å². The number of aliphatic carboxylic acids is 2. The van der Waals surface area contributed by atoms with Crippen molar-refractivity contribution in [2.24, 2.45) is 16.5 Å². The molecule has 16 heteroatoms. The van der Waals surface area contributed by atoms with Crippen molar-refractivity contribution >= 4 is 35.6 Å². The highest BCUT2D eigenvalue weighted by Gasteiger charge is 2.31. The minimum Gasteiger partial charge on any atom is -0.481 e. The lowest BCUT2D eigenvalue weighted by Crippen LogP contribution is -2.57. The van der Waals surface area contributed by atoms with E-state index in [-0.39, 0.29) is 44.1 Å². The first-order valence-electron chi connectivity index (χ1n) is 12.2. The number of carboxylic acids is 2. The van der Waals surface area contributed by atoms with Gasteiger partial charge in [0.05, 0.1) is 12.4 Å². The maximum Gasteiger partial charge on any atom is 0.326 e. The summed E-state index contributed by atoms with van der Waals surface area (Å²) in [7, 11) is 0. The average molecular weight is 538 g/mol. The van der Waals surface area contributed by atoms with Gasteiger partial charge in [-0.15, -0.1) is 0 Å². The van der Waals surface area contributed by atoms with E-state index in [2.05, 4.69) is 36.2 Å². The van der Waals surface area contributed by atoms with E-state index in [1.807, 2.05) is 0 Å². The molecule has 0 bridgehead atoms. The molecule has 0 aromatic carbocycles. The summed E-state index contributed by atoms with van der Waals surface area (Å²) < 4.78 is 0. The van der Waals surface area contributed by atoms with Crippen molar-refractivity contribution in [3.8, 4) is 0 Å². The van der Waals surface area contributed by atoms with Gasteiger partial charge in [0.25, 0.3) is 0 Å². The van der Waals surface area contributed by atoms with Crippen LogP contribution in [0.5, 0.6) is 0 Å². The number of carboxylic acid groups (broad SMARTS) is 2. The van der Waals surface area contributed by atoms with E-state index >= 15 is 0 Å². The van der Waals surface area contributed by atoms with Crippen LogP contribution in [0.3, 0.4) is 0 Å². The zero-order valence-electron chi connectivity index (χ0n) is 20.8. The number of rotatable bonds is 16. The van der Waals surface area contributed by atoms with Crippen molar-refractivity contribution in [2.45, 2.75) is 69.1 Å². The minimum atomic E-state index is -1.48. The first-order chi connectivity index (χ1) is 18.1. The maximum atomic E-state index is 13.3. The van der Waals surface area contributed by atoms with Crippen LogP contribution in [0.2, 0.25) is 0 Å². The Morgan fingerprint density at radius 2 is 1.76 bits per heavy atom. The van der Waals surface area contributed by atoms with E-state index in [0.717, 1.165) is 6.42 Å². The smallest absolute Gasteiger partial charge is 0.326 e. The third-order valence-corrected chi connectivity index (χ3v) is 5.83. The Kier molecular flexibility index (Phi) is 12.0. The molecule has 2 heterocycles. The van der Waals surface area contributed by atoms with E-state index in [4.69, 9.17) is 16.6 Å². The molecule has 11 N–H and O–H groups in total. The zero-order chi connectivity index (χ0) is 28.1. The van der Waals surface area contributed by atoms with Crippen molar-refractivity contribution in [3.05, 3.63) is 18.2 Å². The normalized spacial score (nSPS) is 17.0. The summed E-state index contributed by atoms with van der Waals surface area (Å²) >= 11 is 0. The van der Waals surface area contributed by atoms with Gasteiger partial charge in [-0.1, -0.05) is 0 Å². The summed E-state index contributed by atoms with van der Waals surface area (Å²) in [5.74, 6) is -4.66. The summed E-state index contributed by atoms with van der Waals surface area (Å²) in [5.41, 5.74) is 11.2. The van der Waals surface area contributed by atoms with Crippen LogP contribution in [0.15, 0.2) is 17.5 Å². The van der Waals surface area contributed by atoms with Crippen LogP contribution in [-0.4, -0.2) is 93.1 Å². The van der Waals surface area contributed by atoms with Gasteiger partial charge < -0.3 is 47.9 Å². The van der Waals surface area contributed by atoms with E-state index in [0.29, 0.717) is 18.7 Å². The van der Waals surface area contributed by atoms with Gasteiger partial charge in [0, 0.05) is 31.3 Å². The number of carbonyl (C=O) groups is 5. The number of guanidine groups is 1. The molecule has 1 aromatic heterocycles. The summed E-state index contributed by atoms with van der Waals surface area (Å²) in [5, 5.41) is 28.9. The van der Waals surface area contributed by atoms with E-state index in [1.54, 1.807) is 0 Å². The monoisotopic (exact) mass is 537 g/mol. The molecular weight excluding hydrogens is 502 g/mol. The number of nitrogens with zero attached hydrogens (tertiary/aromatic N) is 2. The standard InChI is InChI=1S/C22H35N9O7/c23-22(24)27-8-2-4-14(19(35)30-15(21(37)38)5-6-17(32)33)29-20(36)16(9-12-10-25-11-28-12)31-18(34)13-3-1-7-26-13/h10-11,13-16,26H,1-9H2,(H,25,28)(H,29,36)(H,30,35)(H,31,34)(H,32,33)(H,37,38)(H4,23,24,27). The molecule has 210 valence electrons. The molecule has 1 fully saturated rings. The fraction of sp³-hybridized carbons (Fsp3) is 0.591. The zero-order valence-corrected chi connectivity index (χ0v) is 20.8. The van der Waals surface area contributed by atoms with E-state index in [1.165, 1.54) is 12.5 Å². The maximum absolute atomic E-state index is 13.3. The molecule has 4 unspecified atom stereocenters. The topological polar surface area (TPSA) is 267 Å². The molecule has 0 saturated carbocycles. The Labute approximate surface area is 218 Å². The number of hydrogen-bond acceptors (Lipinski definition) is 8. The first kappa shape index (κ1) is 30.0. The Hall–Kier alpha value is -4.21. The molecule has 0 spiro atoms. The van der Waals surface area contributed by atoms with Gasteiger partial charge in [-0.2, -0.15) is 0 Å². The Morgan fingerprint density at radius 3 is 2.34 bits per heavy atom. The van der Waals surface area contributed by atoms with Crippen molar-refractivity contribution in [2.75, 3.05) is 13.1 Å². The van der Waals surface area contributed by atoms with Crippen molar-refractivity contribution in [1.82, 2.24) is 31.2 Å². The SMILES string of the molecule is NC(N)=NCCCC(NC(=O)C(Cc1cnc[nH]1)NC(=O)C1CCCN1)C(=O)NC(CCC(=O)O)C(=O)O. The molecule has 0 aliphatic carbocycles. The lowest BCUT2D eigenvalue weighted by Gasteiger charge is -2.25. The largest absolute Gasteiger partial charge is 0.481 e. The Balaban J connectivity index is 2.17. The average Bonchev–Trinajstić information content (AvgIpc) is 3.57. The molecule has 38 heavy (non-hydrogen) atoms. The van der Waals surface area contributed by atoms with Crippen molar-refractivity contribution < 1.29 is 34.2 Å². The first-order valence-corrected chi connectivity index (χ1v) is 12.2. The van der Waals surface area contributed by atoms with Gasteiger partial charge in [0.1, 0.15) is 18.1 Å². The van der Waals surface area contributed by atoms with E-state index < -0.39 is 54.3 Å². The van der Waals surface area contributed by atoms with Crippen LogP contribution in [0, 0.1) is 0 Å². The lowest BCUT2D eigenvalue weighted by molar-refractivity contribution is -0.143. The lowest BCUT2D eigenvalue weighted by atomic mass is 10.1. The van der Waals surface area contributed by atoms with Gasteiger partial charge in [-0.25, -0.2) is 9.78 Å². The number of nitrogens with one attached hydrogen (secondary N) is 5. The van der Waals surface area contributed by atoms with Crippen molar-refractivity contribution in [3.63, 3.8) is 0 Å². The molecule has 1 aliphatic rings. The number of imidazole rings is 1. The predicted octanol–water partition coefficient (Wildman–Crippen LogP) is -2.84. The van der Waals surface area contributed by atoms with Gasteiger partial charge in [0.15, 0.2) is 5.96 Å². The second-order valence-corrected chi connectivity index (χ2v) is 8.83. The quantitative estimate of drug-likeness (QED) is 0.0588. The second-order valence-electron chi connectivity index (χ2n) is 8.83. The van der Waals surface area contributed by atoms with Crippen LogP contribution >= 0.6 is 0 Å². The fourth-order valence-corrected chi connectivity index (χ4v) is 3.85. The van der Waals surface area contributed by atoms with Crippen LogP contribution in [0.25, 0.3) is 0 Å². The molecule has 0 radical (unpaired) electrons. The van der Waals surface area contributed by atoms with E-state index in [9.17, 15) is 29.1 Å². The molecule has 1 aromatic rings. The highest BCUT2D eigenvalue weighted by molar-refractivity contribution is 5.94. The third kappa shape index (κ3) is 10.4. The number of aromatic amines is 1. The van der Waals surface area contributed by atoms with Crippen LogP contribution < -0.4 is 32.7 Å². The van der Waals surface area contributed by atoms with Crippen LogP contribution in [-0.2, 0) is 30.4 Å². The summed E-state index contributed by atoms with van der Waals surface area (Å²) in [6.07, 6.45) is 3.88. The summed E-state index contributed by atoms with van der Waals surface area (Å²) in [4.78, 5) is 72.1. The number of aliphatic imine (C=N–C) groups is 1. The number of aromatic nitrogens is 2. The second kappa shape index (κ2) is 15.1. The molecule has 1 aliphatic heterocycles. The van der Waals surface area contributed by atoms with Crippen LogP contribution in [0.1, 0.15) is 44.2 Å². The third-order valence-electron chi connectivity index (χ3n) is 5.83. The number of amides is 3. The van der Waals surface area contributed by atoms with Crippen LogP contribution in [0.4, 0.5) is 0 Å². The Bertz CT molecular complexity index is 989. The molecule has 2 rings (SSSR count). The van der Waals surface area contributed by atoms with Gasteiger partial charge in [-0.05, 0) is 38.6 Å². The Morgan fingerprint density at radius 1 is 1.05 bits per heavy atom. The predicted molar refractivity (Wildman–Crippen MR) is 134 cm³/mol. The molecule has 4 atom stereocenters. The van der Waals surface area contributed by atoms with Crippen molar-refractivity contribution in [1.29, 1.82) is 0 Å². The highest BCUT2D eigenvalue weighted by Crippen LogP contribution is 2.08. The molecular formula is C22H35N9O7. The molecule has 16 nitrogen and oxygen atoms in total. The van der Waals surface area contributed by atoms with Gasteiger partial charge in [-0.3, -0.25) is 24.2 Å².